The molecule has 1 aliphatic rings. The molecule has 0 aliphatic heterocycles. The third-order valence-electron chi connectivity index (χ3n) is 7.93. The zero-order valence-corrected chi connectivity index (χ0v) is 21.2. The Kier molecular flexibility index (Phi) is 10.5. The molecule has 0 radical (unpaired) electrons. The Labute approximate surface area is 203 Å². The van der Waals surface area contributed by atoms with Gasteiger partial charge in [-0.1, -0.05) is 114 Å². The van der Waals surface area contributed by atoms with Gasteiger partial charge in [-0.2, -0.15) is 5.26 Å². The highest BCUT2D eigenvalue weighted by atomic mass is 14.4. The number of hydrogen-bond acceptors (Lipinski definition) is 1. The van der Waals surface area contributed by atoms with Crippen molar-refractivity contribution in [3.63, 3.8) is 0 Å². The molecule has 2 aromatic carbocycles. The predicted molar refractivity (Wildman–Crippen MR) is 142 cm³/mol. The first-order chi connectivity index (χ1) is 16.2. The monoisotopic (exact) mass is 443 g/mol. The van der Waals surface area contributed by atoms with Crippen LogP contribution in [-0.2, 0) is 6.42 Å². The van der Waals surface area contributed by atoms with Gasteiger partial charge in [0.25, 0.3) is 0 Å². The van der Waals surface area contributed by atoms with Gasteiger partial charge in [0.15, 0.2) is 0 Å². The minimum Gasteiger partial charge on any atom is -0.198 e. The molecule has 33 heavy (non-hydrogen) atoms. The van der Waals surface area contributed by atoms with Gasteiger partial charge in [0.05, 0.1) is 11.5 Å². The molecule has 0 aromatic heterocycles. The SMILES string of the molecule is CCCCCCCc1ccc(-c2ccc([C@H]3CC[C@@](C#N)(CCCCCC)CC3)cc2)cc1. The molecule has 0 heterocycles. The van der Waals surface area contributed by atoms with Crippen molar-refractivity contribution < 1.29 is 0 Å². The molecule has 178 valence electrons. The van der Waals surface area contributed by atoms with Gasteiger partial charge < -0.3 is 0 Å². The molecule has 1 nitrogen and oxygen atoms in total. The van der Waals surface area contributed by atoms with Gasteiger partial charge in [-0.25, -0.2) is 0 Å². The lowest BCUT2D eigenvalue weighted by Crippen LogP contribution is -2.25. The molecule has 1 saturated carbocycles. The maximum absolute atomic E-state index is 9.87. The lowest BCUT2D eigenvalue weighted by atomic mass is 9.67. The van der Waals surface area contributed by atoms with Crippen molar-refractivity contribution in [2.75, 3.05) is 0 Å². The second-order valence-corrected chi connectivity index (χ2v) is 10.5. The number of aryl methyl sites for hydroxylation is 1. The summed E-state index contributed by atoms with van der Waals surface area (Å²) in [5.41, 5.74) is 5.49. The Morgan fingerprint density at radius 2 is 1.27 bits per heavy atom. The lowest BCUT2D eigenvalue weighted by Gasteiger charge is -2.35. The number of unbranched alkanes of at least 4 members (excludes halogenated alkanes) is 7. The normalized spacial score (nSPS) is 20.5. The fraction of sp³-hybridized carbons (Fsp3) is 0.594. The van der Waals surface area contributed by atoms with Crippen LogP contribution in [0.15, 0.2) is 48.5 Å². The van der Waals surface area contributed by atoms with E-state index in [4.69, 9.17) is 0 Å². The number of benzene rings is 2. The van der Waals surface area contributed by atoms with Crippen molar-refractivity contribution in [2.24, 2.45) is 5.41 Å². The number of nitriles is 1. The van der Waals surface area contributed by atoms with E-state index >= 15 is 0 Å². The summed E-state index contributed by atoms with van der Waals surface area (Å²) in [4.78, 5) is 0. The van der Waals surface area contributed by atoms with E-state index in [1.165, 1.54) is 86.5 Å². The smallest absolute Gasteiger partial charge is 0.0689 e. The molecule has 0 bridgehead atoms. The van der Waals surface area contributed by atoms with Gasteiger partial charge in [-0.05, 0) is 73.1 Å². The minimum absolute atomic E-state index is 0.0536. The molecule has 0 N–H and O–H groups in total. The fourth-order valence-corrected chi connectivity index (χ4v) is 5.56. The predicted octanol–water partition coefficient (Wildman–Crippen LogP) is 10.0. The standard InChI is InChI=1S/C32H45N/c1-3-5-7-9-10-12-27-13-15-28(16-14-27)29-17-19-30(20-18-29)31-21-24-32(26-33,25-22-31)23-11-8-6-4-2/h13-20,31H,3-12,21-25H2,1-2H3/t31-,32-. The van der Waals surface area contributed by atoms with Crippen LogP contribution in [0, 0.1) is 16.7 Å². The van der Waals surface area contributed by atoms with Crippen molar-refractivity contribution >= 4 is 0 Å². The topological polar surface area (TPSA) is 23.8 Å². The summed E-state index contributed by atoms with van der Waals surface area (Å²) in [7, 11) is 0. The van der Waals surface area contributed by atoms with Crippen LogP contribution in [0.1, 0.15) is 121 Å². The summed E-state index contributed by atoms with van der Waals surface area (Å²) in [6, 6.07) is 21.2. The van der Waals surface area contributed by atoms with E-state index in [1.54, 1.807) is 0 Å². The number of nitrogens with zero attached hydrogens (tertiary/aromatic N) is 1. The zero-order valence-electron chi connectivity index (χ0n) is 21.2. The van der Waals surface area contributed by atoms with Crippen molar-refractivity contribution in [1.82, 2.24) is 0 Å². The Hall–Kier alpha value is -2.07. The molecule has 0 amide bonds. The van der Waals surface area contributed by atoms with E-state index < -0.39 is 0 Å². The van der Waals surface area contributed by atoms with E-state index in [0.717, 1.165) is 32.1 Å². The molecule has 0 unspecified atom stereocenters. The van der Waals surface area contributed by atoms with Crippen LogP contribution in [0.4, 0.5) is 0 Å². The van der Waals surface area contributed by atoms with Crippen molar-refractivity contribution in [1.29, 1.82) is 5.26 Å². The molecule has 0 spiro atoms. The molecule has 1 aliphatic carbocycles. The summed E-state index contributed by atoms with van der Waals surface area (Å²) >= 11 is 0. The van der Waals surface area contributed by atoms with Crippen LogP contribution in [-0.4, -0.2) is 0 Å². The van der Waals surface area contributed by atoms with Gasteiger partial charge in [0.2, 0.25) is 0 Å². The van der Waals surface area contributed by atoms with Crippen LogP contribution >= 0.6 is 0 Å². The van der Waals surface area contributed by atoms with Crippen molar-refractivity contribution in [2.45, 2.75) is 116 Å². The first kappa shape index (κ1) is 25.6. The average molecular weight is 444 g/mol. The van der Waals surface area contributed by atoms with Crippen molar-refractivity contribution in [3.05, 3.63) is 59.7 Å². The molecule has 0 saturated heterocycles. The van der Waals surface area contributed by atoms with E-state index in [2.05, 4.69) is 68.4 Å². The molecule has 1 fully saturated rings. The quantitative estimate of drug-likeness (QED) is 0.282. The summed E-state index contributed by atoms with van der Waals surface area (Å²) < 4.78 is 0. The Bertz CT molecular complexity index is 832. The second kappa shape index (κ2) is 13.6. The van der Waals surface area contributed by atoms with Crippen LogP contribution in [0.5, 0.6) is 0 Å². The first-order valence-corrected chi connectivity index (χ1v) is 13.8. The van der Waals surface area contributed by atoms with E-state index in [-0.39, 0.29) is 5.41 Å². The number of hydrogen-bond donors (Lipinski definition) is 0. The maximum Gasteiger partial charge on any atom is 0.0689 e. The summed E-state index contributed by atoms with van der Waals surface area (Å²) in [6.45, 7) is 4.53. The fourth-order valence-electron chi connectivity index (χ4n) is 5.56. The van der Waals surface area contributed by atoms with Gasteiger partial charge in [0.1, 0.15) is 0 Å². The van der Waals surface area contributed by atoms with Crippen LogP contribution in [0.2, 0.25) is 0 Å². The molecular formula is C32H45N. The number of rotatable bonds is 13. The summed E-state index contributed by atoms with van der Waals surface area (Å²) in [6.07, 6.45) is 18.6. The van der Waals surface area contributed by atoms with Crippen LogP contribution < -0.4 is 0 Å². The van der Waals surface area contributed by atoms with E-state index in [0.29, 0.717) is 5.92 Å². The Morgan fingerprint density at radius 1 is 0.727 bits per heavy atom. The highest BCUT2D eigenvalue weighted by Gasteiger charge is 2.35. The lowest BCUT2D eigenvalue weighted by molar-refractivity contribution is 0.223. The minimum atomic E-state index is -0.0536. The molecule has 3 rings (SSSR count). The van der Waals surface area contributed by atoms with Gasteiger partial charge >= 0.3 is 0 Å². The zero-order chi connectivity index (χ0) is 23.4. The Balaban J connectivity index is 1.50. The summed E-state index contributed by atoms with van der Waals surface area (Å²) in [5, 5.41) is 9.87. The average Bonchev–Trinajstić information content (AvgIpc) is 2.87. The van der Waals surface area contributed by atoms with Gasteiger partial charge in [-0.15, -0.1) is 0 Å². The van der Waals surface area contributed by atoms with Gasteiger partial charge in [-0.3, -0.25) is 0 Å². The molecular weight excluding hydrogens is 398 g/mol. The van der Waals surface area contributed by atoms with E-state index in [1.807, 2.05) is 0 Å². The highest BCUT2D eigenvalue weighted by molar-refractivity contribution is 5.64. The van der Waals surface area contributed by atoms with Gasteiger partial charge in [0, 0.05) is 0 Å². The molecule has 1 heteroatoms. The third kappa shape index (κ3) is 7.74. The largest absolute Gasteiger partial charge is 0.198 e. The third-order valence-corrected chi connectivity index (χ3v) is 7.93. The first-order valence-electron chi connectivity index (χ1n) is 13.8. The molecule has 0 atom stereocenters. The van der Waals surface area contributed by atoms with Crippen LogP contribution in [0.3, 0.4) is 0 Å². The summed E-state index contributed by atoms with van der Waals surface area (Å²) in [5.74, 6) is 0.617. The highest BCUT2D eigenvalue weighted by Crippen LogP contribution is 2.45. The Morgan fingerprint density at radius 3 is 1.85 bits per heavy atom. The van der Waals surface area contributed by atoms with Crippen LogP contribution in [0.25, 0.3) is 11.1 Å². The maximum atomic E-state index is 9.87. The van der Waals surface area contributed by atoms with Crippen molar-refractivity contribution in [3.8, 4) is 17.2 Å². The second-order valence-electron chi connectivity index (χ2n) is 10.5. The molecule has 2 aromatic rings. The van der Waals surface area contributed by atoms with E-state index in [9.17, 15) is 5.26 Å².